The second-order valence-corrected chi connectivity index (χ2v) is 3.88. The molecular formula is C11H18N6. The van der Waals surface area contributed by atoms with Crippen LogP contribution in [0, 0.1) is 0 Å². The van der Waals surface area contributed by atoms with Gasteiger partial charge in [0.15, 0.2) is 0 Å². The molecule has 0 aliphatic heterocycles. The fourth-order valence-corrected chi connectivity index (χ4v) is 1.71. The minimum atomic E-state index is 0.723. The Morgan fingerprint density at radius 3 is 3.00 bits per heavy atom. The second kappa shape index (κ2) is 5.58. The van der Waals surface area contributed by atoms with Crippen molar-refractivity contribution in [3.05, 3.63) is 30.4 Å². The van der Waals surface area contributed by atoms with Gasteiger partial charge in [0.05, 0.1) is 18.6 Å². The van der Waals surface area contributed by atoms with Crippen molar-refractivity contribution in [3.63, 3.8) is 0 Å². The van der Waals surface area contributed by atoms with Crippen molar-refractivity contribution < 1.29 is 0 Å². The Labute approximate surface area is 101 Å². The van der Waals surface area contributed by atoms with E-state index in [0.29, 0.717) is 0 Å². The van der Waals surface area contributed by atoms with Crippen LogP contribution in [-0.2, 0) is 19.5 Å². The number of rotatable bonds is 6. The topological polar surface area (TPSA) is 60.6 Å². The first-order valence-corrected chi connectivity index (χ1v) is 5.85. The SMILES string of the molecule is CCn1ncnc1Cn1cnc(CCNC)c1. The molecule has 0 saturated heterocycles. The molecule has 17 heavy (non-hydrogen) atoms. The van der Waals surface area contributed by atoms with E-state index in [0.717, 1.165) is 37.6 Å². The van der Waals surface area contributed by atoms with Gasteiger partial charge in [0.2, 0.25) is 0 Å². The molecule has 0 atom stereocenters. The van der Waals surface area contributed by atoms with Crippen LogP contribution in [0.1, 0.15) is 18.4 Å². The fourth-order valence-electron chi connectivity index (χ4n) is 1.71. The summed E-state index contributed by atoms with van der Waals surface area (Å²) in [6.45, 7) is 4.57. The molecule has 6 nitrogen and oxygen atoms in total. The molecule has 1 N–H and O–H groups in total. The molecule has 0 saturated carbocycles. The molecule has 0 aliphatic carbocycles. The van der Waals surface area contributed by atoms with Crippen molar-refractivity contribution in [2.45, 2.75) is 26.4 Å². The fraction of sp³-hybridized carbons (Fsp3) is 0.545. The molecule has 2 heterocycles. The monoisotopic (exact) mass is 234 g/mol. The molecule has 2 aromatic rings. The standard InChI is InChI=1S/C11H18N6/c1-3-17-11(13-8-15-17)7-16-6-10(14-9-16)4-5-12-2/h6,8-9,12H,3-5,7H2,1-2H3. The molecule has 0 amide bonds. The third-order valence-corrected chi connectivity index (χ3v) is 2.64. The lowest BCUT2D eigenvalue weighted by atomic mass is 10.3. The zero-order valence-electron chi connectivity index (χ0n) is 10.3. The number of likely N-dealkylation sites (N-methyl/N-ethyl adjacent to an activating group) is 1. The Balaban J connectivity index is 2.01. The van der Waals surface area contributed by atoms with Crippen LogP contribution in [0.3, 0.4) is 0 Å². The number of nitrogens with one attached hydrogen (secondary N) is 1. The predicted octanol–water partition coefficient (Wildman–Crippen LogP) is 0.305. The molecule has 0 aromatic carbocycles. The maximum absolute atomic E-state index is 4.36. The van der Waals surface area contributed by atoms with Crippen molar-refractivity contribution in [2.75, 3.05) is 13.6 Å². The Morgan fingerprint density at radius 2 is 2.24 bits per heavy atom. The van der Waals surface area contributed by atoms with Gasteiger partial charge in [-0.2, -0.15) is 5.10 Å². The van der Waals surface area contributed by atoms with Gasteiger partial charge in [-0.25, -0.2) is 14.6 Å². The lowest BCUT2D eigenvalue weighted by molar-refractivity contribution is 0.591. The van der Waals surface area contributed by atoms with E-state index in [4.69, 9.17) is 0 Å². The predicted molar refractivity (Wildman–Crippen MR) is 64.7 cm³/mol. The van der Waals surface area contributed by atoms with E-state index in [1.54, 1.807) is 6.33 Å². The summed E-state index contributed by atoms with van der Waals surface area (Å²) in [5.41, 5.74) is 1.10. The molecule has 6 heteroatoms. The lowest BCUT2D eigenvalue weighted by Gasteiger charge is -2.03. The summed E-state index contributed by atoms with van der Waals surface area (Å²) in [6, 6.07) is 0. The zero-order valence-corrected chi connectivity index (χ0v) is 10.3. The van der Waals surface area contributed by atoms with Gasteiger partial charge < -0.3 is 9.88 Å². The third-order valence-electron chi connectivity index (χ3n) is 2.64. The van der Waals surface area contributed by atoms with Crippen LogP contribution < -0.4 is 5.32 Å². The highest BCUT2D eigenvalue weighted by Crippen LogP contribution is 2.02. The van der Waals surface area contributed by atoms with Crippen LogP contribution in [0.15, 0.2) is 18.9 Å². The third kappa shape index (κ3) is 2.91. The highest BCUT2D eigenvalue weighted by molar-refractivity contribution is 4.99. The molecule has 0 radical (unpaired) electrons. The highest BCUT2D eigenvalue weighted by atomic mass is 15.3. The van der Waals surface area contributed by atoms with Crippen molar-refractivity contribution in [1.82, 2.24) is 29.6 Å². The summed E-state index contributed by atoms with van der Waals surface area (Å²) in [5.74, 6) is 0.963. The summed E-state index contributed by atoms with van der Waals surface area (Å²) in [5, 5.41) is 7.26. The Bertz CT molecular complexity index is 458. The van der Waals surface area contributed by atoms with Crippen LogP contribution in [0.25, 0.3) is 0 Å². The maximum Gasteiger partial charge on any atom is 0.146 e. The largest absolute Gasteiger partial charge is 0.330 e. The van der Waals surface area contributed by atoms with E-state index in [1.807, 2.05) is 22.6 Å². The molecule has 0 bridgehead atoms. The summed E-state index contributed by atoms with van der Waals surface area (Å²) in [6.07, 6.45) is 6.45. The highest BCUT2D eigenvalue weighted by Gasteiger charge is 2.04. The minimum absolute atomic E-state index is 0.723. The first kappa shape index (κ1) is 11.8. The van der Waals surface area contributed by atoms with Gasteiger partial charge in [-0.1, -0.05) is 0 Å². The molecular weight excluding hydrogens is 216 g/mol. The lowest BCUT2D eigenvalue weighted by Crippen LogP contribution is -2.10. The van der Waals surface area contributed by atoms with Gasteiger partial charge >= 0.3 is 0 Å². The minimum Gasteiger partial charge on any atom is -0.330 e. The first-order valence-electron chi connectivity index (χ1n) is 5.85. The van der Waals surface area contributed by atoms with Gasteiger partial charge in [-0.05, 0) is 14.0 Å². The van der Waals surface area contributed by atoms with Gasteiger partial charge in [0.1, 0.15) is 12.2 Å². The van der Waals surface area contributed by atoms with Crippen LogP contribution in [-0.4, -0.2) is 37.9 Å². The van der Waals surface area contributed by atoms with Gasteiger partial charge in [0.25, 0.3) is 0 Å². The number of imidazole rings is 1. The summed E-state index contributed by atoms with van der Waals surface area (Å²) in [4.78, 5) is 8.60. The van der Waals surface area contributed by atoms with E-state index in [2.05, 4.69) is 33.5 Å². The Hall–Kier alpha value is -1.69. The van der Waals surface area contributed by atoms with E-state index < -0.39 is 0 Å². The van der Waals surface area contributed by atoms with Gasteiger partial charge in [-0.15, -0.1) is 0 Å². The van der Waals surface area contributed by atoms with E-state index >= 15 is 0 Å². The normalized spacial score (nSPS) is 10.9. The number of aromatic nitrogens is 5. The van der Waals surface area contributed by atoms with Crippen molar-refractivity contribution in [2.24, 2.45) is 0 Å². The molecule has 0 fully saturated rings. The molecule has 0 aliphatic rings. The maximum atomic E-state index is 4.36. The van der Waals surface area contributed by atoms with Crippen LogP contribution >= 0.6 is 0 Å². The second-order valence-electron chi connectivity index (χ2n) is 3.88. The van der Waals surface area contributed by atoms with E-state index in [-0.39, 0.29) is 0 Å². The van der Waals surface area contributed by atoms with Gasteiger partial charge in [0, 0.05) is 25.7 Å². The van der Waals surface area contributed by atoms with E-state index in [1.165, 1.54) is 0 Å². The average Bonchev–Trinajstić information content (AvgIpc) is 2.96. The van der Waals surface area contributed by atoms with Crippen molar-refractivity contribution in [3.8, 4) is 0 Å². The molecule has 0 unspecified atom stereocenters. The number of hydrogen-bond donors (Lipinski definition) is 1. The quantitative estimate of drug-likeness (QED) is 0.781. The molecule has 2 rings (SSSR count). The summed E-state index contributed by atoms with van der Waals surface area (Å²) < 4.78 is 3.94. The number of nitrogens with zero attached hydrogens (tertiary/aromatic N) is 5. The van der Waals surface area contributed by atoms with Crippen molar-refractivity contribution >= 4 is 0 Å². The molecule has 2 aromatic heterocycles. The van der Waals surface area contributed by atoms with Crippen LogP contribution in [0.4, 0.5) is 0 Å². The number of hydrogen-bond acceptors (Lipinski definition) is 4. The average molecular weight is 234 g/mol. The Morgan fingerprint density at radius 1 is 1.35 bits per heavy atom. The van der Waals surface area contributed by atoms with Crippen LogP contribution in [0.2, 0.25) is 0 Å². The number of aryl methyl sites for hydroxylation is 1. The summed E-state index contributed by atoms with van der Waals surface area (Å²) in [7, 11) is 1.95. The smallest absolute Gasteiger partial charge is 0.146 e. The Kier molecular flexibility index (Phi) is 3.87. The zero-order chi connectivity index (χ0) is 12.1. The summed E-state index contributed by atoms with van der Waals surface area (Å²) >= 11 is 0. The molecule has 0 spiro atoms. The van der Waals surface area contributed by atoms with Crippen molar-refractivity contribution in [1.29, 1.82) is 0 Å². The van der Waals surface area contributed by atoms with E-state index in [9.17, 15) is 0 Å². The van der Waals surface area contributed by atoms with Gasteiger partial charge in [-0.3, -0.25) is 0 Å². The van der Waals surface area contributed by atoms with Crippen LogP contribution in [0.5, 0.6) is 0 Å². The molecule has 92 valence electrons. The first-order chi connectivity index (χ1) is 8.33.